The summed E-state index contributed by atoms with van der Waals surface area (Å²) in [6.07, 6.45) is 4.49. The number of rotatable bonds is 9. The number of carbonyl (C=O) groups excluding carboxylic acids is 1. The van der Waals surface area contributed by atoms with Crippen LogP contribution in [0.5, 0.6) is 0 Å². The fraction of sp³-hybridized carbons (Fsp3) is 0.938. The van der Waals surface area contributed by atoms with E-state index in [0.29, 0.717) is 12.6 Å². The molecule has 0 bridgehead atoms. The molecule has 0 aromatic heterocycles. The second-order valence-electron chi connectivity index (χ2n) is 6.41. The van der Waals surface area contributed by atoms with Gasteiger partial charge < -0.3 is 15.0 Å². The van der Waals surface area contributed by atoms with Crippen molar-refractivity contribution in [2.75, 3.05) is 19.6 Å². The number of ether oxygens (including phenoxy) is 1. The third kappa shape index (κ3) is 10.1. The van der Waals surface area contributed by atoms with Crippen LogP contribution < -0.4 is 5.32 Å². The van der Waals surface area contributed by atoms with Gasteiger partial charge in [0.2, 0.25) is 0 Å². The van der Waals surface area contributed by atoms with Crippen molar-refractivity contribution in [2.24, 2.45) is 0 Å². The third-order valence-corrected chi connectivity index (χ3v) is 3.12. The first-order chi connectivity index (χ1) is 9.30. The standard InChI is InChI=1S/C16H34N2O2/c1-7-9-11-14(3)17-12-10-13-18(8-2)15(19)20-16(4,5)6/h14,17H,7-13H2,1-6H3. The molecule has 0 heterocycles. The normalized spacial score (nSPS) is 13.1. The van der Waals surface area contributed by atoms with Gasteiger partial charge in [-0.3, -0.25) is 0 Å². The molecule has 120 valence electrons. The average molecular weight is 286 g/mol. The Kier molecular flexibility index (Phi) is 9.64. The maximum atomic E-state index is 11.9. The van der Waals surface area contributed by atoms with Crippen molar-refractivity contribution in [3.63, 3.8) is 0 Å². The van der Waals surface area contributed by atoms with E-state index >= 15 is 0 Å². The lowest BCUT2D eigenvalue weighted by molar-refractivity contribution is 0.0258. The highest BCUT2D eigenvalue weighted by Crippen LogP contribution is 2.10. The summed E-state index contributed by atoms with van der Waals surface area (Å²) in [5.41, 5.74) is -0.419. The van der Waals surface area contributed by atoms with E-state index in [2.05, 4.69) is 19.2 Å². The van der Waals surface area contributed by atoms with E-state index in [1.807, 2.05) is 27.7 Å². The van der Waals surface area contributed by atoms with E-state index in [1.54, 1.807) is 4.90 Å². The molecule has 1 amide bonds. The summed E-state index contributed by atoms with van der Waals surface area (Å²) < 4.78 is 5.39. The molecule has 4 heteroatoms. The Balaban J connectivity index is 3.87. The number of carbonyl (C=O) groups is 1. The van der Waals surface area contributed by atoms with Gasteiger partial charge in [0.1, 0.15) is 5.60 Å². The number of nitrogens with zero attached hydrogens (tertiary/aromatic N) is 1. The van der Waals surface area contributed by atoms with Crippen LogP contribution in [0.4, 0.5) is 4.79 Å². The predicted molar refractivity (Wildman–Crippen MR) is 85.1 cm³/mol. The SMILES string of the molecule is CCCCC(C)NCCCN(CC)C(=O)OC(C)(C)C. The molecule has 0 aliphatic rings. The van der Waals surface area contributed by atoms with E-state index in [4.69, 9.17) is 4.74 Å². The molecule has 0 saturated heterocycles. The van der Waals surface area contributed by atoms with Gasteiger partial charge >= 0.3 is 6.09 Å². The van der Waals surface area contributed by atoms with Gasteiger partial charge in [-0.2, -0.15) is 0 Å². The minimum Gasteiger partial charge on any atom is -0.444 e. The zero-order valence-corrected chi connectivity index (χ0v) is 14.3. The van der Waals surface area contributed by atoms with Crippen LogP contribution >= 0.6 is 0 Å². The zero-order valence-electron chi connectivity index (χ0n) is 14.3. The molecule has 0 aromatic rings. The van der Waals surface area contributed by atoms with Crippen LogP contribution in [0, 0.1) is 0 Å². The van der Waals surface area contributed by atoms with Crippen LogP contribution in [0.25, 0.3) is 0 Å². The summed E-state index contributed by atoms with van der Waals surface area (Å²) in [6.45, 7) is 14.5. The van der Waals surface area contributed by atoms with E-state index in [0.717, 1.165) is 19.5 Å². The number of amides is 1. The molecule has 1 N–H and O–H groups in total. The summed E-state index contributed by atoms with van der Waals surface area (Å²) in [5.74, 6) is 0. The summed E-state index contributed by atoms with van der Waals surface area (Å²) in [6, 6.07) is 0.562. The van der Waals surface area contributed by atoms with Crippen LogP contribution in [0.1, 0.15) is 67.2 Å². The summed E-state index contributed by atoms with van der Waals surface area (Å²) in [7, 11) is 0. The number of hydrogen-bond acceptors (Lipinski definition) is 3. The van der Waals surface area contributed by atoms with Crippen molar-refractivity contribution >= 4 is 6.09 Å². The van der Waals surface area contributed by atoms with Crippen LogP contribution in [-0.2, 0) is 4.74 Å². The minimum atomic E-state index is -0.419. The summed E-state index contributed by atoms with van der Waals surface area (Å²) >= 11 is 0. The van der Waals surface area contributed by atoms with Crippen molar-refractivity contribution in [3.05, 3.63) is 0 Å². The van der Waals surface area contributed by atoms with Gasteiger partial charge in [-0.15, -0.1) is 0 Å². The van der Waals surface area contributed by atoms with Crippen LogP contribution in [-0.4, -0.2) is 42.3 Å². The van der Waals surface area contributed by atoms with Gasteiger partial charge in [-0.1, -0.05) is 19.8 Å². The first-order valence-corrected chi connectivity index (χ1v) is 8.01. The molecule has 0 aliphatic carbocycles. The van der Waals surface area contributed by atoms with Gasteiger partial charge in [0.05, 0.1) is 0 Å². The largest absolute Gasteiger partial charge is 0.444 e. The molecule has 1 unspecified atom stereocenters. The monoisotopic (exact) mass is 286 g/mol. The maximum Gasteiger partial charge on any atom is 0.410 e. The Morgan fingerprint density at radius 2 is 1.90 bits per heavy atom. The van der Waals surface area contributed by atoms with Gasteiger partial charge in [0, 0.05) is 19.1 Å². The van der Waals surface area contributed by atoms with E-state index < -0.39 is 5.60 Å². The lowest BCUT2D eigenvalue weighted by atomic mass is 10.1. The van der Waals surface area contributed by atoms with Crippen LogP contribution in [0.15, 0.2) is 0 Å². The molecule has 0 saturated carbocycles. The second-order valence-corrected chi connectivity index (χ2v) is 6.41. The van der Waals surface area contributed by atoms with E-state index in [1.165, 1.54) is 19.3 Å². The zero-order chi connectivity index (χ0) is 15.6. The lowest BCUT2D eigenvalue weighted by Crippen LogP contribution is -2.38. The fourth-order valence-corrected chi connectivity index (χ4v) is 1.94. The van der Waals surface area contributed by atoms with Gasteiger partial charge in [0.25, 0.3) is 0 Å². The van der Waals surface area contributed by atoms with Gasteiger partial charge in [-0.25, -0.2) is 4.79 Å². The summed E-state index contributed by atoms with van der Waals surface area (Å²) in [4.78, 5) is 13.7. The molecule has 1 atom stereocenters. The Hall–Kier alpha value is -0.770. The quantitative estimate of drug-likeness (QED) is 0.655. The Morgan fingerprint density at radius 1 is 1.25 bits per heavy atom. The fourth-order valence-electron chi connectivity index (χ4n) is 1.94. The van der Waals surface area contributed by atoms with Crippen molar-refractivity contribution in [1.82, 2.24) is 10.2 Å². The Labute approximate surface area is 125 Å². The second kappa shape index (κ2) is 10.0. The highest BCUT2D eigenvalue weighted by molar-refractivity contribution is 5.68. The number of unbranched alkanes of at least 4 members (excludes halogenated alkanes) is 1. The first kappa shape index (κ1) is 19.2. The highest BCUT2D eigenvalue weighted by Gasteiger charge is 2.20. The maximum absolute atomic E-state index is 11.9. The van der Waals surface area contributed by atoms with Crippen molar-refractivity contribution in [2.45, 2.75) is 78.9 Å². The average Bonchev–Trinajstić information content (AvgIpc) is 2.34. The van der Waals surface area contributed by atoms with E-state index in [9.17, 15) is 4.79 Å². The molecule has 0 aromatic carbocycles. The van der Waals surface area contributed by atoms with E-state index in [-0.39, 0.29) is 6.09 Å². The van der Waals surface area contributed by atoms with Crippen LogP contribution in [0.2, 0.25) is 0 Å². The van der Waals surface area contributed by atoms with Gasteiger partial charge in [-0.05, 0) is 54.0 Å². The van der Waals surface area contributed by atoms with Gasteiger partial charge in [0.15, 0.2) is 0 Å². The minimum absolute atomic E-state index is 0.209. The Morgan fingerprint density at radius 3 is 2.40 bits per heavy atom. The predicted octanol–water partition coefficient (Wildman–Crippen LogP) is 3.80. The molecule has 0 radical (unpaired) electrons. The molecular formula is C16H34N2O2. The molecule has 0 fully saturated rings. The smallest absolute Gasteiger partial charge is 0.410 e. The number of hydrogen-bond donors (Lipinski definition) is 1. The molecule has 4 nitrogen and oxygen atoms in total. The molecule has 20 heavy (non-hydrogen) atoms. The first-order valence-electron chi connectivity index (χ1n) is 8.01. The van der Waals surface area contributed by atoms with Crippen molar-refractivity contribution in [3.8, 4) is 0 Å². The summed E-state index contributed by atoms with van der Waals surface area (Å²) in [5, 5.41) is 3.51. The van der Waals surface area contributed by atoms with Crippen molar-refractivity contribution in [1.29, 1.82) is 0 Å². The molecule has 0 aliphatic heterocycles. The molecule has 0 rings (SSSR count). The Bertz CT molecular complexity index is 262. The topological polar surface area (TPSA) is 41.6 Å². The molecule has 0 spiro atoms. The third-order valence-electron chi connectivity index (χ3n) is 3.12. The van der Waals surface area contributed by atoms with Crippen molar-refractivity contribution < 1.29 is 9.53 Å². The lowest BCUT2D eigenvalue weighted by Gasteiger charge is -2.26. The number of nitrogens with one attached hydrogen (secondary N) is 1. The highest BCUT2D eigenvalue weighted by atomic mass is 16.6. The van der Waals surface area contributed by atoms with Crippen LogP contribution in [0.3, 0.4) is 0 Å². The molecular weight excluding hydrogens is 252 g/mol.